The molecule has 5 nitrogen and oxygen atoms in total. The Hall–Kier alpha value is -2.28. The van der Waals surface area contributed by atoms with Crippen LogP contribution in [0.15, 0.2) is 59.6 Å². The number of hydrogen-bond acceptors (Lipinski definition) is 6. The summed E-state index contributed by atoms with van der Waals surface area (Å²) < 4.78 is 0. The number of thiophene rings is 1. The highest BCUT2D eigenvalue weighted by atomic mass is 32.1. The molecule has 0 aliphatic rings. The lowest BCUT2D eigenvalue weighted by molar-refractivity contribution is 0.106. The first-order valence-electron chi connectivity index (χ1n) is 9.23. The van der Waals surface area contributed by atoms with Crippen LogP contribution in [0.25, 0.3) is 0 Å². The smallest absolute Gasteiger partial charge is 0.222 e. The Morgan fingerprint density at radius 2 is 1.78 bits per heavy atom. The van der Waals surface area contributed by atoms with Gasteiger partial charge in [0, 0.05) is 43.6 Å². The van der Waals surface area contributed by atoms with Gasteiger partial charge in [-0.1, -0.05) is 37.3 Å². The van der Waals surface area contributed by atoms with Crippen LogP contribution in [0.5, 0.6) is 0 Å². The van der Waals surface area contributed by atoms with E-state index in [1.165, 1.54) is 11.1 Å². The number of rotatable bonds is 10. The normalized spacial score (nSPS) is 12.3. The minimum atomic E-state index is 0.126. The Morgan fingerprint density at radius 1 is 1.04 bits per heavy atom. The highest BCUT2D eigenvalue weighted by Crippen LogP contribution is 2.17. The van der Waals surface area contributed by atoms with Crippen LogP contribution in [0, 0.1) is 0 Å². The van der Waals surface area contributed by atoms with Gasteiger partial charge in [-0.2, -0.15) is 11.3 Å². The molecule has 0 bridgehead atoms. The molecular weight excluding hydrogens is 356 g/mol. The van der Waals surface area contributed by atoms with Crippen LogP contribution < -0.4 is 5.32 Å². The second-order valence-corrected chi connectivity index (χ2v) is 7.32. The zero-order valence-electron chi connectivity index (χ0n) is 15.6. The van der Waals surface area contributed by atoms with Gasteiger partial charge in [0.05, 0.1) is 6.61 Å². The third kappa shape index (κ3) is 5.85. The average Bonchev–Trinajstić information content (AvgIpc) is 3.22. The maximum Gasteiger partial charge on any atom is 0.222 e. The molecule has 3 rings (SSSR count). The minimum absolute atomic E-state index is 0.126. The van der Waals surface area contributed by atoms with Gasteiger partial charge in [0.15, 0.2) is 0 Å². The summed E-state index contributed by atoms with van der Waals surface area (Å²) in [6, 6.07) is 12.5. The van der Waals surface area contributed by atoms with E-state index < -0.39 is 0 Å². The SMILES string of the molecule is CC[C@@H](CO)N(Cc1cnc(NCc2ccccc2)nc1)Cc1ccsc1. The summed E-state index contributed by atoms with van der Waals surface area (Å²) in [5.41, 5.74) is 3.51. The van der Waals surface area contributed by atoms with Crippen molar-refractivity contribution in [3.63, 3.8) is 0 Å². The second-order valence-electron chi connectivity index (χ2n) is 6.54. The first-order chi connectivity index (χ1) is 13.3. The summed E-state index contributed by atoms with van der Waals surface area (Å²) in [7, 11) is 0. The monoisotopic (exact) mass is 382 g/mol. The number of anilines is 1. The van der Waals surface area contributed by atoms with Gasteiger partial charge < -0.3 is 10.4 Å². The van der Waals surface area contributed by atoms with Gasteiger partial charge in [0.1, 0.15) is 0 Å². The first kappa shape index (κ1) is 19.5. The predicted molar refractivity (Wildman–Crippen MR) is 111 cm³/mol. The van der Waals surface area contributed by atoms with E-state index in [0.29, 0.717) is 19.0 Å². The van der Waals surface area contributed by atoms with Crippen LogP contribution in [0.1, 0.15) is 30.0 Å². The number of nitrogens with one attached hydrogen (secondary N) is 1. The van der Waals surface area contributed by atoms with Gasteiger partial charge in [-0.25, -0.2) is 9.97 Å². The third-order valence-electron chi connectivity index (χ3n) is 4.55. The van der Waals surface area contributed by atoms with Crippen molar-refractivity contribution in [3.8, 4) is 0 Å². The van der Waals surface area contributed by atoms with E-state index in [9.17, 15) is 5.11 Å². The lowest BCUT2D eigenvalue weighted by Crippen LogP contribution is -2.36. The molecule has 2 aromatic heterocycles. The molecule has 6 heteroatoms. The first-order valence-corrected chi connectivity index (χ1v) is 10.2. The fraction of sp³-hybridized carbons (Fsp3) is 0.333. The maximum atomic E-state index is 9.75. The molecule has 0 saturated carbocycles. The molecule has 2 N–H and O–H groups in total. The summed E-state index contributed by atoms with van der Waals surface area (Å²) in [6.45, 7) is 4.49. The van der Waals surface area contributed by atoms with E-state index >= 15 is 0 Å². The fourth-order valence-electron chi connectivity index (χ4n) is 2.97. The van der Waals surface area contributed by atoms with Gasteiger partial charge in [-0.15, -0.1) is 0 Å². The van der Waals surface area contributed by atoms with E-state index in [1.54, 1.807) is 11.3 Å². The summed E-state index contributed by atoms with van der Waals surface area (Å²) >= 11 is 1.70. The lowest BCUT2D eigenvalue weighted by Gasteiger charge is -2.29. The van der Waals surface area contributed by atoms with Crippen molar-refractivity contribution in [3.05, 3.63) is 76.2 Å². The van der Waals surface area contributed by atoms with Crippen LogP contribution in [-0.4, -0.2) is 32.6 Å². The van der Waals surface area contributed by atoms with Crippen LogP contribution in [0.3, 0.4) is 0 Å². The topological polar surface area (TPSA) is 61.3 Å². The van der Waals surface area contributed by atoms with Gasteiger partial charge in [-0.3, -0.25) is 4.90 Å². The maximum absolute atomic E-state index is 9.75. The molecular formula is C21H26N4OS. The summed E-state index contributed by atoms with van der Waals surface area (Å²) in [5, 5.41) is 17.2. The molecule has 0 amide bonds. The van der Waals surface area contributed by atoms with E-state index in [0.717, 1.165) is 18.5 Å². The molecule has 0 radical (unpaired) electrons. The number of aliphatic hydroxyl groups is 1. The number of benzene rings is 1. The molecule has 0 aliphatic carbocycles. The number of nitrogens with zero attached hydrogens (tertiary/aromatic N) is 3. The average molecular weight is 383 g/mol. The van der Waals surface area contributed by atoms with Crippen molar-refractivity contribution in [2.24, 2.45) is 0 Å². The molecule has 0 fully saturated rings. The molecule has 142 valence electrons. The van der Waals surface area contributed by atoms with Crippen molar-refractivity contribution >= 4 is 17.3 Å². The van der Waals surface area contributed by atoms with Crippen molar-refractivity contribution in [2.75, 3.05) is 11.9 Å². The highest BCUT2D eigenvalue weighted by molar-refractivity contribution is 7.07. The van der Waals surface area contributed by atoms with Gasteiger partial charge in [-0.05, 0) is 34.4 Å². The number of aromatic nitrogens is 2. The zero-order valence-corrected chi connectivity index (χ0v) is 16.4. The second kappa shape index (κ2) is 10.2. The third-order valence-corrected chi connectivity index (χ3v) is 5.28. The summed E-state index contributed by atoms with van der Waals surface area (Å²) in [5.74, 6) is 0.626. The Labute approximate surface area is 164 Å². The number of hydrogen-bond donors (Lipinski definition) is 2. The van der Waals surface area contributed by atoms with Crippen LogP contribution >= 0.6 is 11.3 Å². The van der Waals surface area contributed by atoms with Gasteiger partial charge in [0.2, 0.25) is 5.95 Å². The lowest BCUT2D eigenvalue weighted by atomic mass is 10.1. The molecule has 1 atom stereocenters. The van der Waals surface area contributed by atoms with E-state index in [-0.39, 0.29) is 12.6 Å². The standard InChI is InChI=1S/C21H26N4OS/c1-2-20(15-26)25(13-18-8-9-27-16-18)14-19-11-23-21(24-12-19)22-10-17-6-4-3-5-7-17/h3-9,11-12,16,20,26H,2,10,13-15H2,1H3,(H,22,23,24)/t20-/m0/s1. The zero-order chi connectivity index (χ0) is 18.9. The Bertz CT molecular complexity index is 774. The molecule has 2 heterocycles. The van der Waals surface area contributed by atoms with E-state index in [4.69, 9.17) is 0 Å². The summed E-state index contributed by atoms with van der Waals surface area (Å²) in [6.07, 6.45) is 4.63. The van der Waals surface area contributed by atoms with Gasteiger partial charge in [0.25, 0.3) is 0 Å². The molecule has 0 unspecified atom stereocenters. The molecule has 0 saturated heterocycles. The highest BCUT2D eigenvalue weighted by Gasteiger charge is 2.17. The Kier molecular flexibility index (Phi) is 7.33. The Morgan fingerprint density at radius 3 is 2.41 bits per heavy atom. The van der Waals surface area contributed by atoms with Crippen LogP contribution in [-0.2, 0) is 19.6 Å². The largest absolute Gasteiger partial charge is 0.395 e. The van der Waals surface area contributed by atoms with E-state index in [2.05, 4.69) is 56.1 Å². The summed E-state index contributed by atoms with van der Waals surface area (Å²) in [4.78, 5) is 11.2. The van der Waals surface area contributed by atoms with Gasteiger partial charge >= 0.3 is 0 Å². The van der Waals surface area contributed by atoms with E-state index in [1.807, 2.05) is 30.6 Å². The predicted octanol–water partition coefficient (Wildman–Crippen LogP) is 3.92. The minimum Gasteiger partial charge on any atom is -0.395 e. The van der Waals surface area contributed by atoms with Crippen LogP contribution in [0.2, 0.25) is 0 Å². The molecule has 27 heavy (non-hydrogen) atoms. The molecule has 0 spiro atoms. The van der Waals surface area contributed by atoms with Crippen molar-refractivity contribution < 1.29 is 5.11 Å². The van der Waals surface area contributed by atoms with Crippen molar-refractivity contribution in [1.82, 2.24) is 14.9 Å². The van der Waals surface area contributed by atoms with Crippen LogP contribution in [0.4, 0.5) is 5.95 Å². The molecule has 3 aromatic rings. The quantitative estimate of drug-likeness (QED) is 0.556. The van der Waals surface area contributed by atoms with Crippen molar-refractivity contribution in [2.45, 2.75) is 39.0 Å². The molecule has 0 aliphatic heterocycles. The fourth-order valence-corrected chi connectivity index (χ4v) is 3.63. The molecule has 1 aromatic carbocycles. The number of aliphatic hydroxyl groups excluding tert-OH is 1. The van der Waals surface area contributed by atoms with Crippen molar-refractivity contribution in [1.29, 1.82) is 0 Å². The Balaban J connectivity index is 1.61.